The molecule has 1 heteroatoms. The third-order valence-corrected chi connectivity index (χ3v) is 5.97. The lowest BCUT2D eigenvalue weighted by atomic mass is 9.79. The van der Waals surface area contributed by atoms with Crippen LogP contribution in [0.2, 0.25) is 0 Å². The van der Waals surface area contributed by atoms with Crippen molar-refractivity contribution in [1.82, 2.24) is 4.57 Å². The lowest BCUT2D eigenvalue weighted by molar-refractivity contribution is 0.331. The first-order valence-corrected chi connectivity index (χ1v) is 8.33. The Morgan fingerprint density at radius 3 is 2.76 bits per heavy atom. The molecule has 0 saturated heterocycles. The molecule has 1 fully saturated rings. The predicted molar refractivity (Wildman–Crippen MR) is 88.8 cm³/mol. The van der Waals surface area contributed by atoms with Gasteiger partial charge in [-0.25, -0.2) is 0 Å². The molecule has 1 saturated carbocycles. The van der Waals surface area contributed by atoms with E-state index in [-0.39, 0.29) is 0 Å². The first-order valence-electron chi connectivity index (χ1n) is 8.33. The fourth-order valence-electron chi connectivity index (χ4n) is 5.04. The summed E-state index contributed by atoms with van der Waals surface area (Å²) in [6, 6.07) is 13.7. The summed E-state index contributed by atoms with van der Waals surface area (Å²) in [5.41, 5.74) is 6.13. The number of rotatable bonds is 0. The van der Waals surface area contributed by atoms with Crippen molar-refractivity contribution < 1.29 is 0 Å². The van der Waals surface area contributed by atoms with Crippen molar-refractivity contribution in [2.75, 3.05) is 0 Å². The molecule has 0 bridgehead atoms. The molecule has 3 aromatic rings. The molecule has 2 atom stereocenters. The highest BCUT2D eigenvalue weighted by molar-refractivity contribution is 6.10. The van der Waals surface area contributed by atoms with Gasteiger partial charge in [-0.3, -0.25) is 0 Å². The normalized spacial score (nSPS) is 24.4. The van der Waals surface area contributed by atoms with Crippen LogP contribution in [-0.4, -0.2) is 4.57 Å². The third-order valence-electron chi connectivity index (χ3n) is 5.97. The summed E-state index contributed by atoms with van der Waals surface area (Å²) in [6.45, 7) is 0. The minimum Gasteiger partial charge on any atom is -0.344 e. The average Bonchev–Trinajstić information content (AvgIpc) is 3.04. The van der Waals surface area contributed by atoms with Gasteiger partial charge in [0.25, 0.3) is 0 Å². The predicted octanol–water partition coefficient (Wildman–Crippen LogP) is 5.16. The van der Waals surface area contributed by atoms with Gasteiger partial charge in [-0.1, -0.05) is 37.1 Å². The van der Waals surface area contributed by atoms with Crippen molar-refractivity contribution in [1.29, 1.82) is 0 Å². The second-order valence-corrected chi connectivity index (χ2v) is 6.96. The topological polar surface area (TPSA) is 4.93 Å². The molecule has 21 heavy (non-hydrogen) atoms. The van der Waals surface area contributed by atoms with Gasteiger partial charge in [-0.15, -0.1) is 0 Å². The quantitative estimate of drug-likeness (QED) is 0.534. The number of para-hydroxylation sites is 1. The summed E-state index contributed by atoms with van der Waals surface area (Å²) in [6.07, 6.45) is 7.01. The smallest absolute Gasteiger partial charge is 0.0491 e. The van der Waals surface area contributed by atoms with Gasteiger partial charge >= 0.3 is 0 Å². The summed E-state index contributed by atoms with van der Waals surface area (Å²) in [7, 11) is 2.21. The standard InChI is InChI=1S/C20H21N/c1-21-17-9-5-4-8-16(17)20-18(21)11-10-14-12-13-6-2-3-7-15(13)19(14)20/h4-5,8-11,13,15H,2-3,6-7,12H2,1H3/t13-,15?/m1/s1. The summed E-state index contributed by atoms with van der Waals surface area (Å²) in [5, 5.41) is 3.01. The molecule has 106 valence electrons. The average molecular weight is 275 g/mol. The molecule has 0 aliphatic heterocycles. The zero-order valence-electron chi connectivity index (χ0n) is 12.6. The van der Waals surface area contributed by atoms with Crippen LogP contribution < -0.4 is 0 Å². The largest absolute Gasteiger partial charge is 0.344 e. The van der Waals surface area contributed by atoms with Gasteiger partial charge in [0, 0.05) is 28.9 Å². The van der Waals surface area contributed by atoms with Crippen LogP contribution in [0, 0.1) is 5.92 Å². The summed E-state index contributed by atoms with van der Waals surface area (Å²) >= 11 is 0. The van der Waals surface area contributed by atoms with Gasteiger partial charge in [0.2, 0.25) is 0 Å². The highest BCUT2D eigenvalue weighted by atomic mass is 14.9. The van der Waals surface area contributed by atoms with E-state index in [4.69, 9.17) is 0 Å². The lowest BCUT2D eigenvalue weighted by Crippen LogP contribution is -2.12. The zero-order valence-corrected chi connectivity index (χ0v) is 12.6. The van der Waals surface area contributed by atoms with E-state index in [9.17, 15) is 0 Å². The summed E-state index contributed by atoms with van der Waals surface area (Å²) in [5.74, 6) is 1.74. The first kappa shape index (κ1) is 11.9. The van der Waals surface area contributed by atoms with Crippen molar-refractivity contribution in [3.63, 3.8) is 0 Å². The fraction of sp³-hybridized carbons (Fsp3) is 0.400. The fourth-order valence-corrected chi connectivity index (χ4v) is 5.04. The Kier molecular flexibility index (Phi) is 2.33. The molecule has 2 aliphatic rings. The second kappa shape index (κ2) is 4.13. The van der Waals surface area contributed by atoms with Crippen molar-refractivity contribution in [3.8, 4) is 0 Å². The number of fused-ring (bicyclic) bond motifs is 7. The Morgan fingerprint density at radius 2 is 1.81 bits per heavy atom. The minimum absolute atomic E-state index is 0.822. The summed E-state index contributed by atoms with van der Waals surface area (Å²) < 4.78 is 2.38. The molecule has 0 amide bonds. The Hall–Kier alpha value is -1.76. The first-order chi connectivity index (χ1) is 10.3. The summed E-state index contributed by atoms with van der Waals surface area (Å²) in [4.78, 5) is 0. The maximum Gasteiger partial charge on any atom is 0.0491 e. The van der Waals surface area contributed by atoms with Crippen LogP contribution in [0.3, 0.4) is 0 Å². The molecule has 1 aromatic heterocycles. The molecular weight excluding hydrogens is 254 g/mol. The number of hydrogen-bond acceptors (Lipinski definition) is 0. The Balaban J connectivity index is 1.91. The number of aromatic nitrogens is 1. The van der Waals surface area contributed by atoms with Crippen LogP contribution >= 0.6 is 0 Å². The molecular formula is C20H21N. The van der Waals surface area contributed by atoms with Crippen LogP contribution in [0.15, 0.2) is 36.4 Å². The molecule has 0 spiro atoms. The van der Waals surface area contributed by atoms with Gasteiger partial charge in [-0.05, 0) is 54.4 Å². The highest BCUT2D eigenvalue weighted by Gasteiger charge is 2.36. The van der Waals surface area contributed by atoms with Gasteiger partial charge in [0.1, 0.15) is 0 Å². The molecule has 0 N–H and O–H groups in total. The lowest BCUT2D eigenvalue weighted by Gasteiger charge is -2.26. The Bertz CT molecular complexity index is 855. The molecule has 1 nitrogen and oxygen atoms in total. The maximum absolute atomic E-state index is 2.41. The van der Waals surface area contributed by atoms with E-state index >= 15 is 0 Å². The number of aryl methyl sites for hydroxylation is 1. The number of nitrogens with zero attached hydrogens (tertiary/aromatic N) is 1. The van der Waals surface area contributed by atoms with Crippen molar-refractivity contribution >= 4 is 21.8 Å². The van der Waals surface area contributed by atoms with E-state index in [0.29, 0.717) is 0 Å². The van der Waals surface area contributed by atoms with E-state index in [2.05, 4.69) is 48.0 Å². The van der Waals surface area contributed by atoms with E-state index in [1.165, 1.54) is 48.5 Å². The van der Waals surface area contributed by atoms with E-state index in [1.54, 1.807) is 16.5 Å². The monoisotopic (exact) mass is 275 g/mol. The molecule has 0 radical (unpaired) electrons. The van der Waals surface area contributed by atoms with Gasteiger partial charge in [-0.2, -0.15) is 0 Å². The minimum atomic E-state index is 0.822. The highest BCUT2D eigenvalue weighted by Crippen LogP contribution is 2.50. The van der Waals surface area contributed by atoms with Gasteiger partial charge in [0.05, 0.1) is 0 Å². The van der Waals surface area contributed by atoms with Gasteiger partial charge in [0.15, 0.2) is 0 Å². The van der Waals surface area contributed by atoms with Crippen LogP contribution in [-0.2, 0) is 13.5 Å². The van der Waals surface area contributed by atoms with Crippen molar-refractivity contribution in [3.05, 3.63) is 47.5 Å². The Morgan fingerprint density at radius 1 is 0.952 bits per heavy atom. The molecule has 1 heterocycles. The van der Waals surface area contributed by atoms with E-state index < -0.39 is 0 Å². The molecule has 1 unspecified atom stereocenters. The zero-order chi connectivity index (χ0) is 14.0. The van der Waals surface area contributed by atoms with E-state index in [0.717, 1.165) is 11.8 Å². The molecule has 2 aromatic carbocycles. The van der Waals surface area contributed by atoms with E-state index in [1.807, 2.05) is 0 Å². The van der Waals surface area contributed by atoms with Gasteiger partial charge < -0.3 is 4.57 Å². The van der Waals surface area contributed by atoms with Crippen molar-refractivity contribution in [2.24, 2.45) is 13.0 Å². The molecule has 2 aliphatic carbocycles. The van der Waals surface area contributed by atoms with Crippen LogP contribution in [0.5, 0.6) is 0 Å². The number of hydrogen-bond donors (Lipinski definition) is 0. The number of benzene rings is 2. The third kappa shape index (κ3) is 1.47. The Labute approximate surface area is 125 Å². The van der Waals surface area contributed by atoms with Crippen molar-refractivity contribution in [2.45, 2.75) is 38.0 Å². The van der Waals surface area contributed by atoms with Crippen LogP contribution in [0.25, 0.3) is 21.8 Å². The maximum atomic E-state index is 2.41. The molecule has 5 rings (SSSR count). The van der Waals surface area contributed by atoms with Crippen LogP contribution in [0.1, 0.15) is 42.7 Å². The SMILES string of the molecule is Cn1c2ccccc2c2c3c(ccc21)C[C@H]1CCCCC31. The second-order valence-electron chi connectivity index (χ2n) is 6.96. The van der Waals surface area contributed by atoms with Crippen LogP contribution in [0.4, 0.5) is 0 Å².